The number of halogens is 2. The molecule has 0 bridgehead atoms. The second-order valence-corrected chi connectivity index (χ2v) is 6.71. The minimum atomic E-state index is -0.117. The fourth-order valence-electron chi connectivity index (χ4n) is 2.49. The molecule has 2 rings (SSSR count). The third kappa shape index (κ3) is 8.09. The molecule has 2 aromatic carbocycles. The van der Waals surface area contributed by atoms with Crippen LogP contribution in [0.2, 0.25) is 0 Å². The molecule has 2 aromatic rings. The van der Waals surface area contributed by atoms with Gasteiger partial charge >= 0.3 is 0 Å². The summed E-state index contributed by atoms with van der Waals surface area (Å²) in [5, 5.41) is 9.26. The fourth-order valence-corrected chi connectivity index (χ4v) is 2.89. The van der Waals surface area contributed by atoms with Crippen LogP contribution >= 0.6 is 39.9 Å². The molecule has 3 N–H and O–H groups in total. The van der Waals surface area contributed by atoms with E-state index < -0.39 is 0 Å². The third-order valence-electron chi connectivity index (χ3n) is 3.95. The fraction of sp³-hybridized carbons (Fsp3) is 0.300. The van der Waals surface area contributed by atoms with Gasteiger partial charge in [0.05, 0.1) is 14.2 Å². The number of carbonyl (C=O) groups excluding carboxylic acids is 1. The van der Waals surface area contributed by atoms with Crippen LogP contribution in [0.5, 0.6) is 11.5 Å². The summed E-state index contributed by atoms with van der Waals surface area (Å²) in [4.78, 5) is 16.3. The van der Waals surface area contributed by atoms with Gasteiger partial charge in [0.15, 0.2) is 5.96 Å². The topological polar surface area (TPSA) is 84.0 Å². The number of hydrogen-bond donors (Lipinski definition) is 3. The Kier molecular flexibility index (Phi) is 11.4. The van der Waals surface area contributed by atoms with E-state index in [-0.39, 0.29) is 29.9 Å². The zero-order valence-electron chi connectivity index (χ0n) is 16.6. The highest BCUT2D eigenvalue weighted by Crippen LogP contribution is 2.24. The second-order valence-electron chi connectivity index (χ2n) is 5.80. The van der Waals surface area contributed by atoms with Crippen LogP contribution < -0.4 is 25.4 Å². The summed E-state index contributed by atoms with van der Waals surface area (Å²) in [6, 6.07) is 12.9. The molecule has 0 aliphatic heterocycles. The van der Waals surface area contributed by atoms with E-state index in [0.717, 1.165) is 21.5 Å². The highest BCUT2D eigenvalue weighted by Gasteiger charge is 2.07. The Bertz CT molecular complexity index is 833. The van der Waals surface area contributed by atoms with E-state index in [1.807, 2.05) is 30.3 Å². The average molecular weight is 577 g/mol. The molecule has 0 unspecified atom stereocenters. The largest absolute Gasteiger partial charge is 0.497 e. The first-order valence-electron chi connectivity index (χ1n) is 8.76. The molecule has 0 spiro atoms. The molecule has 29 heavy (non-hydrogen) atoms. The number of hydrogen-bond acceptors (Lipinski definition) is 4. The molecule has 0 saturated carbocycles. The SMILES string of the molecule is CN=C(NCCNC(=O)c1cccc(Br)c1)NCc1ccc(OC)cc1OC.I. The van der Waals surface area contributed by atoms with Crippen molar-refractivity contribution >= 4 is 51.8 Å². The lowest BCUT2D eigenvalue weighted by molar-refractivity contribution is 0.0954. The standard InChI is InChI=1S/C20H25BrN4O3.HI/c1-22-20(25-13-15-7-8-17(27-2)12-18(15)28-3)24-10-9-23-19(26)14-5-4-6-16(21)11-14;/h4-8,11-12H,9-10,13H2,1-3H3,(H,23,26)(H2,22,24,25);1H. The molecule has 7 nitrogen and oxygen atoms in total. The van der Waals surface area contributed by atoms with Gasteiger partial charge in [0, 0.05) is 48.3 Å². The molecule has 158 valence electrons. The Hall–Kier alpha value is -2.01. The van der Waals surface area contributed by atoms with Gasteiger partial charge < -0.3 is 25.4 Å². The summed E-state index contributed by atoms with van der Waals surface area (Å²) in [6.07, 6.45) is 0. The first-order chi connectivity index (χ1) is 13.6. The van der Waals surface area contributed by atoms with Crippen LogP contribution in [0.3, 0.4) is 0 Å². The van der Waals surface area contributed by atoms with Crippen LogP contribution in [-0.4, -0.2) is 46.2 Å². The normalized spacial score (nSPS) is 10.6. The van der Waals surface area contributed by atoms with Crippen molar-refractivity contribution < 1.29 is 14.3 Å². The number of benzene rings is 2. The number of ether oxygens (including phenoxy) is 2. The number of guanidine groups is 1. The summed E-state index contributed by atoms with van der Waals surface area (Å²) < 4.78 is 11.5. The van der Waals surface area contributed by atoms with Crippen LogP contribution in [0.1, 0.15) is 15.9 Å². The Morgan fingerprint density at radius 2 is 1.79 bits per heavy atom. The van der Waals surface area contributed by atoms with Gasteiger partial charge in [-0.1, -0.05) is 22.0 Å². The molecule has 0 heterocycles. The summed E-state index contributed by atoms with van der Waals surface area (Å²) in [6.45, 7) is 1.55. The van der Waals surface area contributed by atoms with Crippen molar-refractivity contribution in [1.29, 1.82) is 0 Å². The highest BCUT2D eigenvalue weighted by molar-refractivity contribution is 14.0. The van der Waals surface area contributed by atoms with E-state index in [2.05, 4.69) is 36.9 Å². The molecule has 0 aliphatic carbocycles. The van der Waals surface area contributed by atoms with Crippen molar-refractivity contribution in [3.05, 3.63) is 58.1 Å². The second kappa shape index (κ2) is 13.3. The molecule has 0 radical (unpaired) electrons. The number of amides is 1. The lowest BCUT2D eigenvalue weighted by Crippen LogP contribution is -2.41. The van der Waals surface area contributed by atoms with E-state index >= 15 is 0 Å². The minimum Gasteiger partial charge on any atom is -0.497 e. The predicted octanol–water partition coefficient (Wildman–Crippen LogP) is 3.18. The van der Waals surface area contributed by atoms with Crippen molar-refractivity contribution in [3.63, 3.8) is 0 Å². The molecule has 9 heteroatoms. The van der Waals surface area contributed by atoms with Crippen LogP contribution in [0, 0.1) is 0 Å². The maximum Gasteiger partial charge on any atom is 0.251 e. The van der Waals surface area contributed by atoms with Crippen LogP contribution in [0.4, 0.5) is 0 Å². The first kappa shape index (κ1) is 25.0. The van der Waals surface area contributed by atoms with E-state index in [1.54, 1.807) is 33.4 Å². The van der Waals surface area contributed by atoms with Crippen molar-refractivity contribution in [2.24, 2.45) is 4.99 Å². The van der Waals surface area contributed by atoms with Crippen molar-refractivity contribution in [1.82, 2.24) is 16.0 Å². The van der Waals surface area contributed by atoms with Gasteiger partial charge in [0.25, 0.3) is 5.91 Å². The smallest absolute Gasteiger partial charge is 0.251 e. The van der Waals surface area contributed by atoms with E-state index in [9.17, 15) is 4.79 Å². The predicted molar refractivity (Wildman–Crippen MR) is 130 cm³/mol. The molecule has 0 aliphatic rings. The number of methoxy groups -OCH3 is 2. The zero-order chi connectivity index (χ0) is 20.4. The van der Waals surface area contributed by atoms with E-state index in [4.69, 9.17) is 9.47 Å². The maximum absolute atomic E-state index is 12.1. The van der Waals surface area contributed by atoms with Crippen molar-refractivity contribution in [3.8, 4) is 11.5 Å². The monoisotopic (exact) mass is 576 g/mol. The lowest BCUT2D eigenvalue weighted by atomic mass is 10.2. The molecule has 1 amide bonds. The maximum atomic E-state index is 12.1. The van der Waals surface area contributed by atoms with E-state index in [1.165, 1.54) is 0 Å². The van der Waals surface area contributed by atoms with Gasteiger partial charge in [-0.25, -0.2) is 0 Å². The average Bonchev–Trinajstić information content (AvgIpc) is 2.72. The zero-order valence-corrected chi connectivity index (χ0v) is 20.5. The molecule has 0 saturated heterocycles. The third-order valence-corrected chi connectivity index (χ3v) is 4.45. The molecular weight excluding hydrogens is 551 g/mol. The Morgan fingerprint density at radius 1 is 1.03 bits per heavy atom. The van der Waals surface area contributed by atoms with Gasteiger partial charge in [0.1, 0.15) is 11.5 Å². The number of rotatable bonds is 8. The van der Waals surface area contributed by atoms with Crippen molar-refractivity contribution in [2.45, 2.75) is 6.54 Å². The van der Waals surface area contributed by atoms with Crippen LogP contribution in [-0.2, 0) is 6.54 Å². The van der Waals surface area contributed by atoms with Gasteiger partial charge in [-0.2, -0.15) is 0 Å². The van der Waals surface area contributed by atoms with E-state index in [0.29, 0.717) is 31.2 Å². The highest BCUT2D eigenvalue weighted by atomic mass is 127. The molecule has 0 aromatic heterocycles. The number of aliphatic imine (C=N–C) groups is 1. The molecular formula is C20H26BrIN4O3. The number of carbonyl (C=O) groups is 1. The van der Waals surface area contributed by atoms with Crippen molar-refractivity contribution in [2.75, 3.05) is 34.4 Å². The van der Waals surface area contributed by atoms with Gasteiger partial charge in [-0.05, 0) is 30.3 Å². The summed E-state index contributed by atoms with van der Waals surface area (Å²) in [7, 11) is 4.94. The Morgan fingerprint density at radius 3 is 2.45 bits per heavy atom. The summed E-state index contributed by atoms with van der Waals surface area (Å²) in [5.41, 5.74) is 1.60. The lowest BCUT2D eigenvalue weighted by Gasteiger charge is -2.14. The van der Waals surface area contributed by atoms with Crippen LogP contribution in [0.25, 0.3) is 0 Å². The molecule has 0 atom stereocenters. The quantitative estimate of drug-likeness (QED) is 0.195. The van der Waals surface area contributed by atoms with Gasteiger partial charge in [0.2, 0.25) is 0 Å². The number of nitrogens with zero attached hydrogens (tertiary/aromatic N) is 1. The Balaban J connectivity index is 0.00000420. The molecule has 0 fully saturated rings. The number of nitrogens with one attached hydrogen (secondary N) is 3. The van der Waals surface area contributed by atoms with Gasteiger partial charge in [-0.15, -0.1) is 24.0 Å². The van der Waals surface area contributed by atoms with Crippen LogP contribution in [0.15, 0.2) is 51.9 Å². The van der Waals surface area contributed by atoms with Gasteiger partial charge in [-0.3, -0.25) is 9.79 Å². The Labute approximate surface area is 196 Å². The summed E-state index contributed by atoms with van der Waals surface area (Å²) >= 11 is 3.36. The first-order valence-corrected chi connectivity index (χ1v) is 9.56. The summed E-state index contributed by atoms with van der Waals surface area (Å²) in [5.74, 6) is 2.00. The minimum absolute atomic E-state index is 0.